The number of amides is 1. The number of nitrogens with one attached hydrogen (secondary N) is 2. The minimum atomic E-state index is -0.352. The number of halogens is 1. The van der Waals surface area contributed by atoms with Crippen LogP contribution in [0.5, 0.6) is 11.5 Å². The molecular formula is C20H19ClN4O3. The average Bonchev–Trinajstić information content (AvgIpc) is 2.71. The summed E-state index contributed by atoms with van der Waals surface area (Å²) >= 11 is 6.13. The maximum absolute atomic E-state index is 12.5. The first-order valence-corrected chi connectivity index (χ1v) is 8.77. The van der Waals surface area contributed by atoms with Crippen molar-refractivity contribution in [2.45, 2.75) is 6.92 Å². The zero-order chi connectivity index (χ0) is 20.1. The SMILES string of the molecule is COc1ccc(NC(=O)c2ccnc(Nc3cc(C)c(Cl)cc3OC)n2)cc1. The second-order valence-corrected chi connectivity index (χ2v) is 6.28. The summed E-state index contributed by atoms with van der Waals surface area (Å²) in [7, 11) is 3.13. The van der Waals surface area contributed by atoms with Crippen LogP contribution in [0, 0.1) is 6.92 Å². The van der Waals surface area contributed by atoms with Gasteiger partial charge in [0.2, 0.25) is 5.95 Å². The number of nitrogens with zero attached hydrogens (tertiary/aromatic N) is 2. The van der Waals surface area contributed by atoms with Gasteiger partial charge in [0, 0.05) is 23.0 Å². The lowest BCUT2D eigenvalue weighted by molar-refractivity contribution is 0.102. The molecule has 1 aromatic heterocycles. The summed E-state index contributed by atoms with van der Waals surface area (Å²) in [6.07, 6.45) is 1.51. The van der Waals surface area contributed by atoms with Crippen molar-refractivity contribution in [3.8, 4) is 11.5 Å². The van der Waals surface area contributed by atoms with Crippen molar-refractivity contribution >= 4 is 34.8 Å². The Kier molecular flexibility index (Phi) is 5.96. The first-order chi connectivity index (χ1) is 13.5. The van der Waals surface area contributed by atoms with Gasteiger partial charge in [-0.25, -0.2) is 9.97 Å². The molecule has 2 N–H and O–H groups in total. The van der Waals surface area contributed by atoms with Crippen molar-refractivity contribution in [1.29, 1.82) is 0 Å². The van der Waals surface area contributed by atoms with Gasteiger partial charge >= 0.3 is 0 Å². The summed E-state index contributed by atoms with van der Waals surface area (Å²) < 4.78 is 10.4. The van der Waals surface area contributed by atoms with E-state index in [0.717, 1.165) is 5.56 Å². The fourth-order valence-electron chi connectivity index (χ4n) is 2.47. The molecule has 1 heterocycles. The van der Waals surface area contributed by atoms with Crippen LogP contribution in [0.3, 0.4) is 0 Å². The third-order valence-electron chi connectivity index (χ3n) is 3.96. The van der Waals surface area contributed by atoms with E-state index in [-0.39, 0.29) is 17.5 Å². The van der Waals surface area contributed by atoms with Gasteiger partial charge in [-0.05, 0) is 48.9 Å². The van der Waals surface area contributed by atoms with Crippen LogP contribution >= 0.6 is 11.6 Å². The van der Waals surface area contributed by atoms with Crippen molar-refractivity contribution in [2.75, 3.05) is 24.9 Å². The molecule has 8 heteroatoms. The molecular weight excluding hydrogens is 380 g/mol. The Balaban J connectivity index is 1.78. The summed E-state index contributed by atoms with van der Waals surface area (Å²) in [6, 6.07) is 12.1. The highest BCUT2D eigenvalue weighted by molar-refractivity contribution is 6.31. The maximum Gasteiger partial charge on any atom is 0.274 e. The number of ether oxygens (including phenoxy) is 2. The second-order valence-electron chi connectivity index (χ2n) is 5.87. The molecule has 0 spiro atoms. The van der Waals surface area contributed by atoms with Crippen molar-refractivity contribution in [3.63, 3.8) is 0 Å². The van der Waals surface area contributed by atoms with Crippen molar-refractivity contribution in [1.82, 2.24) is 9.97 Å². The number of hydrogen-bond donors (Lipinski definition) is 2. The monoisotopic (exact) mass is 398 g/mol. The van der Waals surface area contributed by atoms with E-state index in [1.54, 1.807) is 44.6 Å². The van der Waals surface area contributed by atoms with E-state index in [1.807, 2.05) is 13.0 Å². The molecule has 1 amide bonds. The average molecular weight is 399 g/mol. The van der Waals surface area contributed by atoms with Crippen LogP contribution in [0.15, 0.2) is 48.7 Å². The number of rotatable bonds is 6. The maximum atomic E-state index is 12.5. The summed E-state index contributed by atoms with van der Waals surface area (Å²) in [5, 5.41) is 6.44. The minimum Gasteiger partial charge on any atom is -0.497 e. The predicted molar refractivity (Wildman–Crippen MR) is 109 cm³/mol. The zero-order valence-corrected chi connectivity index (χ0v) is 16.4. The van der Waals surface area contributed by atoms with E-state index < -0.39 is 0 Å². The molecule has 0 aliphatic carbocycles. The zero-order valence-electron chi connectivity index (χ0n) is 15.6. The van der Waals surface area contributed by atoms with E-state index in [0.29, 0.717) is 27.9 Å². The van der Waals surface area contributed by atoms with Crippen LogP contribution in [0.25, 0.3) is 0 Å². The molecule has 0 fully saturated rings. The Morgan fingerprint density at radius 3 is 2.50 bits per heavy atom. The summed E-state index contributed by atoms with van der Waals surface area (Å²) in [4.78, 5) is 20.9. The number of hydrogen-bond acceptors (Lipinski definition) is 6. The second kappa shape index (κ2) is 8.58. The highest BCUT2D eigenvalue weighted by Gasteiger charge is 2.12. The predicted octanol–water partition coefficient (Wildman–Crippen LogP) is 4.45. The smallest absolute Gasteiger partial charge is 0.274 e. The Hall–Kier alpha value is -3.32. The lowest BCUT2D eigenvalue weighted by Crippen LogP contribution is -2.14. The van der Waals surface area contributed by atoms with Gasteiger partial charge in [0.25, 0.3) is 5.91 Å². The lowest BCUT2D eigenvalue weighted by Gasteiger charge is -2.12. The first-order valence-electron chi connectivity index (χ1n) is 8.39. The van der Waals surface area contributed by atoms with Gasteiger partial charge in [-0.1, -0.05) is 11.6 Å². The molecule has 144 valence electrons. The quantitative estimate of drug-likeness (QED) is 0.638. The van der Waals surface area contributed by atoms with E-state index in [9.17, 15) is 4.79 Å². The first kappa shape index (κ1) is 19.4. The molecule has 7 nitrogen and oxygen atoms in total. The van der Waals surface area contributed by atoms with Crippen LogP contribution in [-0.4, -0.2) is 30.1 Å². The van der Waals surface area contributed by atoms with E-state index in [1.165, 1.54) is 12.3 Å². The number of aryl methyl sites for hydroxylation is 1. The molecule has 28 heavy (non-hydrogen) atoms. The number of anilines is 3. The highest BCUT2D eigenvalue weighted by atomic mass is 35.5. The fraction of sp³-hybridized carbons (Fsp3) is 0.150. The van der Waals surface area contributed by atoms with E-state index >= 15 is 0 Å². The van der Waals surface area contributed by atoms with Crippen molar-refractivity contribution in [3.05, 3.63) is 64.9 Å². The van der Waals surface area contributed by atoms with Gasteiger partial charge in [0.1, 0.15) is 17.2 Å². The number of methoxy groups -OCH3 is 2. The third-order valence-corrected chi connectivity index (χ3v) is 4.37. The third kappa shape index (κ3) is 4.50. The molecule has 0 radical (unpaired) electrons. The van der Waals surface area contributed by atoms with Crippen LogP contribution < -0.4 is 20.1 Å². The largest absolute Gasteiger partial charge is 0.497 e. The fourth-order valence-corrected chi connectivity index (χ4v) is 2.62. The van der Waals surface area contributed by atoms with E-state index in [4.69, 9.17) is 21.1 Å². The van der Waals surface area contributed by atoms with Crippen molar-refractivity contribution in [2.24, 2.45) is 0 Å². The van der Waals surface area contributed by atoms with Crippen LogP contribution in [-0.2, 0) is 0 Å². The summed E-state index contributed by atoms with van der Waals surface area (Å²) in [6.45, 7) is 1.88. The van der Waals surface area contributed by atoms with Gasteiger partial charge < -0.3 is 20.1 Å². The van der Waals surface area contributed by atoms with Gasteiger partial charge in [-0.3, -0.25) is 4.79 Å². The molecule has 0 bridgehead atoms. The molecule has 0 aliphatic rings. The molecule has 0 unspecified atom stereocenters. The molecule has 0 saturated carbocycles. The highest BCUT2D eigenvalue weighted by Crippen LogP contribution is 2.32. The van der Waals surface area contributed by atoms with Gasteiger partial charge in [0.15, 0.2) is 0 Å². The number of benzene rings is 2. The number of carbonyl (C=O) groups excluding carboxylic acids is 1. The van der Waals surface area contributed by atoms with Crippen molar-refractivity contribution < 1.29 is 14.3 Å². The molecule has 3 aromatic rings. The van der Waals surface area contributed by atoms with Gasteiger partial charge in [-0.15, -0.1) is 0 Å². The Bertz CT molecular complexity index is 993. The Morgan fingerprint density at radius 2 is 1.82 bits per heavy atom. The molecule has 0 saturated heterocycles. The molecule has 3 rings (SSSR count). The van der Waals surface area contributed by atoms with Gasteiger partial charge in [0.05, 0.1) is 19.9 Å². The lowest BCUT2D eigenvalue weighted by atomic mass is 10.2. The standard InChI is InChI=1S/C20H19ClN4O3/c1-12-10-17(18(28-3)11-15(12)21)25-20-22-9-8-16(24-20)19(26)23-13-4-6-14(27-2)7-5-13/h4-11H,1-3H3,(H,23,26)(H,22,24,25). The molecule has 0 atom stereocenters. The van der Waals surface area contributed by atoms with Gasteiger partial charge in [-0.2, -0.15) is 0 Å². The topological polar surface area (TPSA) is 85.4 Å². The normalized spacial score (nSPS) is 10.3. The number of aromatic nitrogens is 2. The summed E-state index contributed by atoms with van der Waals surface area (Å²) in [5.41, 5.74) is 2.38. The van der Waals surface area contributed by atoms with E-state index in [2.05, 4.69) is 20.6 Å². The van der Waals surface area contributed by atoms with Crippen LogP contribution in [0.2, 0.25) is 5.02 Å². The molecule has 2 aromatic carbocycles. The Labute approximate surface area is 167 Å². The minimum absolute atomic E-state index is 0.220. The van der Waals surface area contributed by atoms with Crippen LogP contribution in [0.1, 0.15) is 16.1 Å². The molecule has 0 aliphatic heterocycles. The summed E-state index contributed by atoms with van der Waals surface area (Å²) in [5.74, 6) is 1.17. The van der Waals surface area contributed by atoms with Crippen LogP contribution in [0.4, 0.5) is 17.3 Å². The number of carbonyl (C=O) groups is 1. The Morgan fingerprint density at radius 1 is 1.07 bits per heavy atom.